The van der Waals surface area contributed by atoms with E-state index < -0.39 is 23.7 Å². The Morgan fingerprint density at radius 3 is 2.57 bits per heavy atom. The van der Waals surface area contributed by atoms with E-state index in [1.807, 2.05) is 0 Å². The largest absolute Gasteiger partial charge is 0.322 e. The van der Waals surface area contributed by atoms with Crippen molar-refractivity contribution in [3.63, 3.8) is 0 Å². The van der Waals surface area contributed by atoms with Crippen LogP contribution in [0.1, 0.15) is 18.5 Å². The van der Waals surface area contributed by atoms with Gasteiger partial charge in [-0.05, 0) is 48.2 Å². The summed E-state index contributed by atoms with van der Waals surface area (Å²) in [6.45, 7) is 1.79. The van der Waals surface area contributed by atoms with E-state index in [1.165, 1.54) is 39.8 Å². The molecule has 28 heavy (non-hydrogen) atoms. The molecule has 0 radical (unpaired) electrons. The van der Waals surface area contributed by atoms with Crippen LogP contribution < -0.4 is 10.9 Å². The molecular weight excluding hydrogens is 388 g/mol. The summed E-state index contributed by atoms with van der Waals surface area (Å²) >= 11 is 5.74. The summed E-state index contributed by atoms with van der Waals surface area (Å²) in [5.41, 5.74) is 0.716. The van der Waals surface area contributed by atoms with Gasteiger partial charge in [0.2, 0.25) is 0 Å². The third kappa shape index (κ3) is 3.71. The molecule has 1 heterocycles. The number of pyridine rings is 1. The lowest BCUT2D eigenvalue weighted by Crippen LogP contribution is -2.34. The number of amides is 2. The molecule has 8 heteroatoms. The van der Waals surface area contributed by atoms with Crippen LogP contribution in [0, 0.1) is 11.6 Å². The quantitative estimate of drug-likeness (QED) is 0.687. The number of aromatic nitrogens is 1. The lowest BCUT2D eigenvalue weighted by Gasteiger charge is -2.27. The van der Waals surface area contributed by atoms with Gasteiger partial charge in [-0.15, -0.1) is 0 Å². The van der Waals surface area contributed by atoms with Gasteiger partial charge in [0.05, 0.1) is 16.5 Å². The van der Waals surface area contributed by atoms with Crippen molar-refractivity contribution in [1.82, 2.24) is 9.47 Å². The number of urea groups is 1. The van der Waals surface area contributed by atoms with Crippen molar-refractivity contribution in [3.05, 3.63) is 75.2 Å². The Kier molecular flexibility index (Phi) is 5.38. The van der Waals surface area contributed by atoms with Gasteiger partial charge in [0.1, 0.15) is 11.6 Å². The Labute approximate surface area is 165 Å². The van der Waals surface area contributed by atoms with Crippen molar-refractivity contribution >= 4 is 34.1 Å². The minimum Gasteiger partial charge on any atom is -0.321 e. The van der Waals surface area contributed by atoms with Crippen molar-refractivity contribution in [2.45, 2.75) is 13.0 Å². The molecule has 2 aromatic carbocycles. The van der Waals surface area contributed by atoms with E-state index in [0.717, 1.165) is 6.07 Å². The highest BCUT2D eigenvalue weighted by Gasteiger charge is 2.21. The molecule has 1 atom stereocenters. The van der Waals surface area contributed by atoms with Crippen molar-refractivity contribution in [2.75, 3.05) is 12.4 Å². The van der Waals surface area contributed by atoms with Gasteiger partial charge in [-0.3, -0.25) is 4.79 Å². The molecule has 0 aliphatic carbocycles. The minimum atomic E-state index is -0.578. The monoisotopic (exact) mass is 405 g/mol. The van der Waals surface area contributed by atoms with Gasteiger partial charge >= 0.3 is 6.03 Å². The fourth-order valence-corrected chi connectivity index (χ4v) is 3.16. The highest BCUT2D eigenvalue weighted by atomic mass is 35.5. The standard InChI is InChI=1S/C20H18ClF2N3O2/c1-11(26(3)20(28)24-13-5-7-18(23)17(21)9-13)16-10-25(2)19(27)15-8-12(22)4-6-14(15)16/h4-11H,1-3H3,(H,24,28). The van der Waals surface area contributed by atoms with E-state index in [9.17, 15) is 18.4 Å². The Morgan fingerprint density at radius 1 is 1.18 bits per heavy atom. The number of halogens is 3. The summed E-state index contributed by atoms with van der Waals surface area (Å²) in [5, 5.41) is 3.37. The molecule has 0 fully saturated rings. The van der Waals surface area contributed by atoms with Gasteiger partial charge in [-0.1, -0.05) is 17.7 Å². The normalized spacial score (nSPS) is 12.1. The van der Waals surface area contributed by atoms with Crippen LogP contribution in [0.5, 0.6) is 0 Å². The van der Waals surface area contributed by atoms with Crippen molar-refractivity contribution in [3.8, 4) is 0 Å². The molecule has 0 saturated heterocycles. The SMILES string of the molecule is CC(c1cn(C)c(=O)c2cc(F)ccc12)N(C)C(=O)Nc1ccc(F)c(Cl)c1. The van der Waals surface area contributed by atoms with Gasteiger partial charge in [0.15, 0.2) is 0 Å². The predicted octanol–water partition coefficient (Wildman–Crippen LogP) is 4.70. The topological polar surface area (TPSA) is 54.3 Å². The minimum absolute atomic E-state index is 0.0976. The van der Waals surface area contributed by atoms with Crippen molar-refractivity contribution < 1.29 is 13.6 Å². The molecule has 1 N–H and O–H groups in total. The van der Waals surface area contributed by atoms with E-state index in [4.69, 9.17) is 11.6 Å². The maximum Gasteiger partial charge on any atom is 0.322 e. The van der Waals surface area contributed by atoms with Crippen LogP contribution in [0.2, 0.25) is 5.02 Å². The average Bonchev–Trinajstić information content (AvgIpc) is 2.66. The molecule has 5 nitrogen and oxygen atoms in total. The van der Waals surface area contributed by atoms with Gasteiger partial charge in [0, 0.05) is 26.0 Å². The Hall–Kier alpha value is -2.93. The summed E-state index contributed by atoms with van der Waals surface area (Å²) in [6, 6.07) is 7.00. The van der Waals surface area contributed by atoms with Crippen LogP contribution in [0.25, 0.3) is 10.8 Å². The van der Waals surface area contributed by atoms with Gasteiger partial charge in [0.25, 0.3) is 5.56 Å². The van der Waals surface area contributed by atoms with E-state index in [1.54, 1.807) is 27.2 Å². The first kappa shape index (κ1) is 19.8. The highest BCUT2D eigenvalue weighted by molar-refractivity contribution is 6.31. The molecule has 0 spiro atoms. The fraction of sp³-hybridized carbons (Fsp3) is 0.200. The third-order valence-electron chi connectivity index (χ3n) is 4.70. The molecule has 0 aliphatic heterocycles. The second kappa shape index (κ2) is 7.59. The highest BCUT2D eigenvalue weighted by Crippen LogP contribution is 2.27. The molecule has 2 amide bonds. The number of rotatable bonds is 3. The molecule has 1 unspecified atom stereocenters. The average molecular weight is 406 g/mol. The summed E-state index contributed by atoms with van der Waals surface area (Å²) in [6.07, 6.45) is 1.63. The summed E-state index contributed by atoms with van der Waals surface area (Å²) in [5.74, 6) is -1.08. The fourth-order valence-electron chi connectivity index (χ4n) is 2.97. The number of fused-ring (bicyclic) bond motifs is 1. The Balaban J connectivity index is 1.93. The lowest BCUT2D eigenvalue weighted by atomic mass is 10.0. The van der Waals surface area contributed by atoms with E-state index in [0.29, 0.717) is 16.6 Å². The number of aryl methyl sites for hydroxylation is 1. The first-order valence-electron chi connectivity index (χ1n) is 8.46. The maximum absolute atomic E-state index is 13.6. The van der Waals surface area contributed by atoms with Crippen LogP contribution in [-0.4, -0.2) is 22.5 Å². The van der Waals surface area contributed by atoms with Crippen LogP contribution in [0.4, 0.5) is 19.3 Å². The number of hydrogen-bond donors (Lipinski definition) is 1. The summed E-state index contributed by atoms with van der Waals surface area (Å²) in [4.78, 5) is 26.4. The number of benzene rings is 2. The molecular formula is C20H18ClF2N3O2. The second-order valence-corrected chi connectivity index (χ2v) is 6.94. The maximum atomic E-state index is 13.6. The zero-order chi connectivity index (χ0) is 20.6. The molecule has 3 rings (SSSR count). The van der Waals surface area contributed by atoms with Gasteiger partial charge in [-0.25, -0.2) is 13.6 Å². The molecule has 0 saturated carbocycles. The zero-order valence-electron chi connectivity index (χ0n) is 15.5. The Bertz CT molecular complexity index is 1130. The molecule has 0 bridgehead atoms. The first-order chi connectivity index (χ1) is 13.2. The number of hydrogen-bond acceptors (Lipinski definition) is 2. The molecule has 3 aromatic rings. The number of carbonyl (C=O) groups excluding carboxylic acids is 1. The molecule has 146 valence electrons. The Morgan fingerprint density at radius 2 is 1.89 bits per heavy atom. The van der Waals surface area contributed by atoms with E-state index in [2.05, 4.69) is 5.32 Å². The van der Waals surface area contributed by atoms with E-state index in [-0.39, 0.29) is 16.0 Å². The number of carbonyl (C=O) groups is 1. The number of nitrogens with one attached hydrogen (secondary N) is 1. The zero-order valence-corrected chi connectivity index (χ0v) is 16.2. The van der Waals surface area contributed by atoms with Crippen LogP contribution in [0.15, 0.2) is 47.4 Å². The second-order valence-electron chi connectivity index (χ2n) is 6.54. The third-order valence-corrected chi connectivity index (χ3v) is 4.99. The van der Waals surface area contributed by atoms with Gasteiger partial charge in [-0.2, -0.15) is 0 Å². The molecule has 0 aliphatic rings. The van der Waals surface area contributed by atoms with E-state index >= 15 is 0 Å². The van der Waals surface area contributed by atoms with Crippen LogP contribution in [0.3, 0.4) is 0 Å². The number of nitrogens with zero attached hydrogens (tertiary/aromatic N) is 2. The smallest absolute Gasteiger partial charge is 0.321 e. The number of anilines is 1. The van der Waals surface area contributed by atoms with Crippen LogP contribution in [-0.2, 0) is 7.05 Å². The van der Waals surface area contributed by atoms with Crippen LogP contribution >= 0.6 is 11.6 Å². The summed E-state index contributed by atoms with van der Waals surface area (Å²) in [7, 11) is 3.16. The van der Waals surface area contributed by atoms with Crippen molar-refractivity contribution in [2.24, 2.45) is 7.05 Å². The molecule has 1 aromatic heterocycles. The van der Waals surface area contributed by atoms with Gasteiger partial charge < -0.3 is 14.8 Å². The summed E-state index contributed by atoms with van der Waals surface area (Å²) < 4.78 is 28.3. The predicted molar refractivity (Wildman–Crippen MR) is 106 cm³/mol. The van der Waals surface area contributed by atoms with Crippen molar-refractivity contribution in [1.29, 1.82) is 0 Å². The lowest BCUT2D eigenvalue weighted by molar-refractivity contribution is 0.208. The first-order valence-corrected chi connectivity index (χ1v) is 8.84.